The third-order valence-corrected chi connectivity index (χ3v) is 3.71. The van der Waals surface area contributed by atoms with Gasteiger partial charge in [0.05, 0.1) is 0 Å². The van der Waals surface area contributed by atoms with Gasteiger partial charge >= 0.3 is 0 Å². The maximum absolute atomic E-state index is 5.61. The first-order valence-corrected chi connectivity index (χ1v) is 6.69. The summed E-state index contributed by atoms with van der Waals surface area (Å²) in [5.74, 6) is 0.806. The van der Waals surface area contributed by atoms with Gasteiger partial charge in [-0.25, -0.2) is 0 Å². The number of nitrogens with two attached hydrogens (primary N) is 1. The normalized spacial score (nSPS) is 18.3. The standard InChI is InChI=1S/C15H23N/c16-11-10-13-6-5-9-15(12-13)14-7-3-1-2-4-8-14/h5-6,9,12,14H,1-4,7-8,10-11,16H2. The smallest absolute Gasteiger partial charge is 0.00367 e. The van der Waals surface area contributed by atoms with Crippen molar-refractivity contribution in [2.75, 3.05) is 6.54 Å². The van der Waals surface area contributed by atoms with Crippen molar-refractivity contribution in [2.45, 2.75) is 50.9 Å². The van der Waals surface area contributed by atoms with Crippen LogP contribution in [0.15, 0.2) is 24.3 Å². The molecule has 0 saturated heterocycles. The van der Waals surface area contributed by atoms with Gasteiger partial charge in [0.1, 0.15) is 0 Å². The summed E-state index contributed by atoms with van der Waals surface area (Å²) >= 11 is 0. The molecular weight excluding hydrogens is 194 g/mol. The second-order valence-electron chi connectivity index (χ2n) is 4.97. The zero-order valence-corrected chi connectivity index (χ0v) is 10.1. The monoisotopic (exact) mass is 217 g/mol. The first-order chi connectivity index (χ1) is 7.90. The summed E-state index contributed by atoms with van der Waals surface area (Å²) in [7, 11) is 0. The molecule has 0 aliphatic heterocycles. The molecule has 0 radical (unpaired) electrons. The number of benzene rings is 1. The van der Waals surface area contributed by atoms with E-state index < -0.39 is 0 Å². The van der Waals surface area contributed by atoms with Crippen molar-refractivity contribution in [1.29, 1.82) is 0 Å². The van der Waals surface area contributed by atoms with Crippen molar-refractivity contribution in [3.8, 4) is 0 Å². The van der Waals surface area contributed by atoms with Gasteiger partial charge in [0.25, 0.3) is 0 Å². The summed E-state index contributed by atoms with van der Waals surface area (Å²) in [6.45, 7) is 0.758. The molecule has 0 unspecified atom stereocenters. The van der Waals surface area contributed by atoms with E-state index in [1.165, 1.54) is 44.1 Å². The maximum Gasteiger partial charge on any atom is -0.00367 e. The van der Waals surface area contributed by atoms with Crippen LogP contribution in [0.5, 0.6) is 0 Å². The first-order valence-electron chi connectivity index (χ1n) is 6.69. The Morgan fingerprint density at radius 3 is 2.50 bits per heavy atom. The minimum atomic E-state index is 0.758. The Kier molecular flexibility index (Phi) is 4.41. The highest BCUT2D eigenvalue weighted by atomic mass is 14.5. The van der Waals surface area contributed by atoms with Gasteiger partial charge in [-0.2, -0.15) is 0 Å². The van der Waals surface area contributed by atoms with Crippen LogP contribution in [0.2, 0.25) is 0 Å². The van der Waals surface area contributed by atoms with Gasteiger partial charge in [-0.3, -0.25) is 0 Å². The highest BCUT2D eigenvalue weighted by Crippen LogP contribution is 2.31. The lowest BCUT2D eigenvalue weighted by Crippen LogP contribution is -2.04. The van der Waals surface area contributed by atoms with E-state index in [2.05, 4.69) is 24.3 Å². The Balaban J connectivity index is 2.08. The lowest BCUT2D eigenvalue weighted by atomic mass is 9.90. The maximum atomic E-state index is 5.61. The van der Waals surface area contributed by atoms with Gasteiger partial charge in [-0.05, 0) is 42.9 Å². The molecule has 0 spiro atoms. The molecule has 1 heteroatoms. The van der Waals surface area contributed by atoms with Gasteiger partial charge in [0.15, 0.2) is 0 Å². The molecule has 1 aliphatic rings. The molecule has 0 amide bonds. The molecule has 0 bridgehead atoms. The first kappa shape index (κ1) is 11.7. The predicted octanol–water partition coefficient (Wildman–Crippen LogP) is 3.63. The van der Waals surface area contributed by atoms with Crippen LogP contribution in [0.25, 0.3) is 0 Å². The quantitative estimate of drug-likeness (QED) is 0.769. The summed E-state index contributed by atoms with van der Waals surface area (Å²) in [6.07, 6.45) is 9.45. The van der Waals surface area contributed by atoms with Crippen molar-refractivity contribution in [3.05, 3.63) is 35.4 Å². The van der Waals surface area contributed by atoms with E-state index in [4.69, 9.17) is 5.73 Å². The molecule has 88 valence electrons. The van der Waals surface area contributed by atoms with E-state index in [-0.39, 0.29) is 0 Å². The molecule has 1 aliphatic carbocycles. The number of hydrogen-bond acceptors (Lipinski definition) is 1. The van der Waals surface area contributed by atoms with Crippen LogP contribution in [0, 0.1) is 0 Å². The van der Waals surface area contributed by atoms with Crippen LogP contribution in [0.1, 0.15) is 55.6 Å². The van der Waals surface area contributed by atoms with Crippen LogP contribution in [0.4, 0.5) is 0 Å². The van der Waals surface area contributed by atoms with Crippen molar-refractivity contribution in [2.24, 2.45) is 5.73 Å². The summed E-state index contributed by atoms with van der Waals surface area (Å²) in [6, 6.07) is 9.08. The van der Waals surface area contributed by atoms with Crippen LogP contribution >= 0.6 is 0 Å². The summed E-state index contributed by atoms with van der Waals surface area (Å²) in [5, 5.41) is 0. The number of rotatable bonds is 3. The van der Waals surface area contributed by atoms with Crippen LogP contribution in [-0.4, -0.2) is 6.54 Å². The predicted molar refractivity (Wildman–Crippen MR) is 69.6 cm³/mol. The SMILES string of the molecule is NCCc1cccc(C2CCCCCC2)c1. The zero-order chi connectivity index (χ0) is 11.2. The molecule has 0 aromatic heterocycles. The number of hydrogen-bond donors (Lipinski definition) is 1. The van der Waals surface area contributed by atoms with E-state index in [1.807, 2.05) is 0 Å². The van der Waals surface area contributed by atoms with Gasteiger partial charge < -0.3 is 5.73 Å². The average molecular weight is 217 g/mol. The molecule has 0 atom stereocenters. The lowest BCUT2D eigenvalue weighted by molar-refractivity contribution is 0.592. The van der Waals surface area contributed by atoms with E-state index in [1.54, 1.807) is 5.56 Å². The second-order valence-corrected chi connectivity index (χ2v) is 4.97. The van der Waals surface area contributed by atoms with E-state index in [0.29, 0.717) is 0 Å². The molecule has 1 nitrogen and oxygen atoms in total. The minimum Gasteiger partial charge on any atom is -0.330 e. The largest absolute Gasteiger partial charge is 0.330 e. The van der Waals surface area contributed by atoms with E-state index >= 15 is 0 Å². The van der Waals surface area contributed by atoms with E-state index in [0.717, 1.165) is 18.9 Å². The Labute approximate surface area is 99.0 Å². The Morgan fingerprint density at radius 2 is 1.81 bits per heavy atom. The van der Waals surface area contributed by atoms with Gasteiger partial charge in [0, 0.05) is 0 Å². The zero-order valence-electron chi connectivity index (χ0n) is 10.1. The van der Waals surface area contributed by atoms with Crippen molar-refractivity contribution in [1.82, 2.24) is 0 Å². The molecule has 1 aromatic rings. The highest BCUT2D eigenvalue weighted by Gasteiger charge is 2.14. The minimum absolute atomic E-state index is 0.758. The molecule has 1 saturated carbocycles. The average Bonchev–Trinajstić information content (AvgIpc) is 2.58. The van der Waals surface area contributed by atoms with Crippen LogP contribution in [-0.2, 0) is 6.42 Å². The Morgan fingerprint density at radius 1 is 1.06 bits per heavy atom. The Bertz CT molecular complexity index is 311. The molecule has 1 fully saturated rings. The van der Waals surface area contributed by atoms with Crippen LogP contribution in [0.3, 0.4) is 0 Å². The van der Waals surface area contributed by atoms with Gasteiger partial charge in [0.2, 0.25) is 0 Å². The van der Waals surface area contributed by atoms with Crippen molar-refractivity contribution < 1.29 is 0 Å². The molecular formula is C15H23N. The van der Waals surface area contributed by atoms with Gasteiger partial charge in [-0.1, -0.05) is 49.9 Å². The molecule has 16 heavy (non-hydrogen) atoms. The second kappa shape index (κ2) is 6.05. The van der Waals surface area contributed by atoms with Gasteiger partial charge in [-0.15, -0.1) is 0 Å². The summed E-state index contributed by atoms with van der Waals surface area (Å²) < 4.78 is 0. The van der Waals surface area contributed by atoms with E-state index in [9.17, 15) is 0 Å². The fraction of sp³-hybridized carbons (Fsp3) is 0.600. The third kappa shape index (κ3) is 3.08. The summed E-state index contributed by atoms with van der Waals surface area (Å²) in [5.41, 5.74) is 8.57. The van der Waals surface area contributed by atoms with Crippen molar-refractivity contribution >= 4 is 0 Å². The van der Waals surface area contributed by atoms with Crippen molar-refractivity contribution in [3.63, 3.8) is 0 Å². The molecule has 0 heterocycles. The molecule has 2 N–H and O–H groups in total. The lowest BCUT2D eigenvalue weighted by Gasteiger charge is -2.15. The fourth-order valence-electron chi connectivity index (χ4n) is 2.78. The topological polar surface area (TPSA) is 26.0 Å². The molecule has 2 rings (SSSR count). The summed E-state index contributed by atoms with van der Waals surface area (Å²) in [4.78, 5) is 0. The molecule has 1 aromatic carbocycles. The fourth-order valence-corrected chi connectivity index (χ4v) is 2.78. The third-order valence-electron chi connectivity index (χ3n) is 3.71. The highest BCUT2D eigenvalue weighted by molar-refractivity contribution is 5.26. The van der Waals surface area contributed by atoms with Crippen LogP contribution < -0.4 is 5.73 Å². The Hall–Kier alpha value is -0.820.